The average molecular weight is 337 g/mol. The Morgan fingerprint density at radius 3 is 2.65 bits per heavy atom. The number of ether oxygens (including phenoxy) is 1. The molecule has 0 unspecified atom stereocenters. The third-order valence-corrected chi connectivity index (χ3v) is 5.13. The van der Waals surface area contributed by atoms with Crippen molar-refractivity contribution in [2.24, 2.45) is 5.14 Å². The van der Waals surface area contributed by atoms with E-state index in [4.69, 9.17) is 9.88 Å². The first kappa shape index (κ1) is 16.0. The highest BCUT2D eigenvalue weighted by molar-refractivity contribution is 7.86. The molecular weight excluding hydrogens is 318 g/mol. The highest BCUT2D eigenvalue weighted by Gasteiger charge is 2.25. The fourth-order valence-corrected chi connectivity index (χ4v) is 3.42. The van der Waals surface area contributed by atoms with Gasteiger partial charge in [0.15, 0.2) is 0 Å². The van der Waals surface area contributed by atoms with Gasteiger partial charge in [0, 0.05) is 38.7 Å². The number of benzene rings is 1. The van der Waals surface area contributed by atoms with Crippen LogP contribution in [-0.2, 0) is 21.4 Å². The topological polar surface area (TPSA) is 92.9 Å². The van der Waals surface area contributed by atoms with Crippen LogP contribution in [0.4, 0.5) is 0 Å². The Morgan fingerprint density at radius 2 is 1.96 bits per heavy atom. The quantitative estimate of drug-likeness (QED) is 0.785. The van der Waals surface area contributed by atoms with E-state index in [-0.39, 0.29) is 19.0 Å². The average Bonchev–Trinajstić information content (AvgIpc) is 2.99. The molecule has 2 heterocycles. The fraction of sp³-hybridized carbons (Fsp3) is 0.400. The maximum Gasteiger partial charge on any atom is 0.277 e. The minimum atomic E-state index is -3.67. The molecule has 124 valence electrons. The second-order valence-electron chi connectivity index (χ2n) is 5.57. The molecule has 1 fully saturated rings. The van der Waals surface area contributed by atoms with E-state index in [1.165, 1.54) is 10.4 Å². The van der Waals surface area contributed by atoms with Crippen LogP contribution in [0.5, 0.6) is 5.75 Å². The zero-order valence-corrected chi connectivity index (χ0v) is 13.5. The number of hydrogen-bond acceptors (Lipinski definition) is 4. The zero-order valence-electron chi connectivity index (χ0n) is 12.6. The SMILES string of the molecule is NS(=O)(=O)N1CCN(C(=O)/C=C/c2ccc3c(c2)CCO3)CC1. The lowest BCUT2D eigenvalue weighted by Gasteiger charge is -2.32. The van der Waals surface area contributed by atoms with Crippen molar-refractivity contribution in [2.75, 3.05) is 32.8 Å². The number of carbonyl (C=O) groups is 1. The Bertz CT molecular complexity index is 737. The van der Waals surface area contributed by atoms with Gasteiger partial charge >= 0.3 is 0 Å². The van der Waals surface area contributed by atoms with Crippen LogP contribution >= 0.6 is 0 Å². The van der Waals surface area contributed by atoms with Gasteiger partial charge < -0.3 is 9.64 Å². The summed E-state index contributed by atoms with van der Waals surface area (Å²) in [6.07, 6.45) is 4.18. The van der Waals surface area contributed by atoms with Gasteiger partial charge in [0.2, 0.25) is 5.91 Å². The van der Waals surface area contributed by atoms with Crippen molar-refractivity contribution in [2.45, 2.75) is 6.42 Å². The van der Waals surface area contributed by atoms with Gasteiger partial charge in [0.25, 0.3) is 10.2 Å². The monoisotopic (exact) mass is 337 g/mol. The Kier molecular flexibility index (Phi) is 4.38. The first-order valence-corrected chi connectivity index (χ1v) is 8.94. The highest BCUT2D eigenvalue weighted by atomic mass is 32.2. The van der Waals surface area contributed by atoms with Crippen LogP contribution < -0.4 is 9.88 Å². The standard InChI is InChI=1S/C15H19N3O4S/c16-23(20,21)18-8-6-17(7-9-18)15(19)4-2-12-1-3-14-13(11-12)5-10-22-14/h1-4,11H,5-10H2,(H2,16,20,21)/b4-2+. The fourth-order valence-electron chi connectivity index (χ4n) is 2.75. The van der Waals surface area contributed by atoms with E-state index in [9.17, 15) is 13.2 Å². The maximum absolute atomic E-state index is 12.2. The summed E-state index contributed by atoms with van der Waals surface area (Å²) in [5, 5.41) is 5.08. The molecular formula is C15H19N3O4S. The molecule has 2 aliphatic heterocycles. The van der Waals surface area contributed by atoms with Gasteiger partial charge in [0.1, 0.15) is 5.75 Å². The summed E-state index contributed by atoms with van der Waals surface area (Å²) in [4.78, 5) is 13.8. The second-order valence-corrected chi connectivity index (χ2v) is 7.11. The minimum absolute atomic E-state index is 0.129. The lowest BCUT2D eigenvalue weighted by molar-refractivity contribution is -0.127. The van der Waals surface area contributed by atoms with Crippen molar-refractivity contribution in [3.63, 3.8) is 0 Å². The summed E-state index contributed by atoms with van der Waals surface area (Å²) in [6.45, 7) is 1.86. The molecule has 0 atom stereocenters. The number of rotatable bonds is 3. The van der Waals surface area contributed by atoms with Gasteiger partial charge in [-0.3, -0.25) is 4.79 Å². The third-order valence-electron chi connectivity index (χ3n) is 4.04. The second kappa shape index (κ2) is 6.31. The van der Waals surface area contributed by atoms with Crippen molar-refractivity contribution in [3.05, 3.63) is 35.4 Å². The first-order chi connectivity index (χ1) is 10.9. The van der Waals surface area contributed by atoms with E-state index in [0.29, 0.717) is 19.7 Å². The molecule has 2 aliphatic rings. The molecule has 8 heteroatoms. The molecule has 0 aromatic heterocycles. The lowest BCUT2D eigenvalue weighted by atomic mass is 10.1. The van der Waals surface area contributed by atoms with Crippen LogP contribution in [0.2, 0.25) is 0 Å². The van der Waals surface area contributed by atoms with E-state index in [2.05, 4.69) is 0 Å². The highest BCUT2D eigenvalue weighted by Crippen LogP contribution is 2.26. The van der Waals surface area contributed by atoms with Crippen molar-refractivity contribution >= 4 is 22.2 Å². The lowest BCUT2D eigenvalue weighted by Crippen LogP contribution is -2.51. The molecule has 23 heavy (non-hydrogen) atoms. The summed E-state index contributed by atoms with van der Waals surface area (Å²) in [5.74, 6) is 0.781. The van der Waals surface area contributed by atoms with Gasteiger partial charge in [0.05, 0.1) is 6.61 Å². The molecule has 1 amide bonds. The Morgan fingerprint density at radius 1 is 1.22 bits per heavy atom. The number of hydrogen-bond donors (Lipinski definition) is 1. The number of nitrogens with zero attached hydrogens (tertiary/aromatic N) is 2. The number of nitrogens with two attached hydrogens (primary N) is 1. The largest absolute Gasteiger partial charge is 0.493 e. The van der Waals surface area contributed by atoms with Crippen LogP contribution in [0.25, 0.3) is 6.08 Å². The normalized spacial score (nSPS) is 18.9. The molecule has 3 rings (SSSR count). The van der Waals surface area contributed by atoms with Crippen LogP contribution in [-0.4, -0.2) is 56.3 Å². The predicted molar refractivity (Wildman–Crippen MR) is 85.9 cm³/mol. The number of carbonyl (C=O) groups excluding carboxylic acids is 1. The Labute approximate surface area is 135 Å². The van der Waals surface area contributed by atoms with Crippen molar-refractivity contribution in [1.82, 2.24) is 9.21 Å². The van der Waals surface area contributed by atoms with Crippen molar-refractivity contribution < 1.29 is 17.9 Å². The minimum Gasteiger partial charge on any atom is -0.493 e. The summed E-state index contributed by atoms with van der Waals surface area (Å²) in [7, 11) is -3.67. The van der Waals surface area contributed by atoms with Crippen LogP contribution in [0.15, 0.2) is 24.3 Å². The predicted octanol–water partition coefficient (Wildman–Crippen LogP) is -0.0176. The summed E-state index contributed by atoms with van der Waals surface area (Å²) >= 11 is 0. The van der Waals surface area contributed by atoms with Crippen LogP contribution in [0.1, 0.15) is 11.1 Å². The van der Waals surface area contributed by atoms with E-state index < -0.39 is 10.2 Å². The molecule has 0 saturated carbocycles. The molecule has 0 spiro atoms. The van der Waals surface area contributed by atoms with Gasteiger partial charge in [-0.2, -0.15) is 12.7 Å². The van der Waals surface area contributed by atoms with Gasteiger partial charge in [-0.25, -0.2) is 5.14 Å². The van der Waals surface area contributed by atoms with E-state index in [1.54, 1.807) is 11.0 Å². The first-order valence-electron chi connectivity index (χ1n) is 7.44. The number of piperazine rings is 1. The van der Waals surface area contributed by atoms with E-state index >= 15 is 0 Å². The van der Waals surface area contributed by atoms with E-state index in [0.717, 1.165) is 23.3 Å². The zero-order chi connectivity index (χ0) is 16.4. The van der Waals surface area contributed by atoms with Crippen molar-refractivity contribution in [3.8, 4) is 5.75 Å². The Hall–Kier alpha value is -1.90. The molecule has 2 N–H and O–H groups in total. The number of amides is 1. The van der Waals surface area contributed by atoms with Gasteiger partial charge in [-0.1, -0.05) is 6.07 Å². The smallest absolute Gasteiger partial charge is 0.277 e. The summed E-state index contributed by atoms with van der Waals surface area (Å²) < 4.78 is 29.1. The van der Waals surface area contributed by atoms with Gasteiger partial charge in [-0.15, -0.1) is 0 Å². The summed E-state index contributed by atoms with van der Waals surface area (Å²) in [5.41, 5.74) is 2.10. The molecule has 0 aliphatic carbocycles. The summed E-state index contributed by atoms with van der Waals surface area (Å²) in [6, 6.07) is 5.84. The third kappa shape index (κ3) is 3.72. The van der Waals surface area contributed by atoms with E-state index in [1.807, 2.05) is 18.2 Å². The Balaban J connectivity index is 1.59. The van der Waals surface area contributed by atoms with Crippen LogP contribution in [0.3, 0.4) is 0 Å². The molecule has 0 bridgehead atoms. The molecule has 7 nitrogen and oxygen atoms in total. The van der Waals surface area contributed by atoms with Crippen molar-refractivity contribution in [1.29, 1.82) is 0 Å². The molecule has 1 aromatic carbocycles. The van der Waals surface area contributed by atoms with Crippen LogP contribution in [0, 0.1) is 0 Å². The molecule has 1 aromatic rings. The molecule has 1 saturated heterocycles. The number of fused-ring (bicyclic) bond motifs is 1. The maximum atomic E-state index is 12.2. The molecule has 0 radical (unpaired) electrons. The van der Waals surface area contributed by atoms with Gasteiger partial charge in [-0.05, 0) is 29.3 Å².